The van der Waals surface area contributed by atoms with Crippen LogP contribution in [0.3, 0.4) is 0 Å². The van der Waals surface area contributed by atoms with E-state index in [1.54, 1.807) is 0 Å². The fourth-order valence-electron chi connectivity index (χ4n) is 4.93. The summed E-state index contributed by atoms with van der Waals surface area (Å²) in [6.07, 6.45) is -2.11. The lowest BCUT2D eigenvalue weighted by molar-refractivity contribution is -0.144. The lowest BCUT2D eigenvalue weighted by atomic mass is 9.91. The average molecular weight is 584 g/mol. The van der Waals surface area contributed by atoms with E-state index in [1.807, 2.05) is 4.90 Å². The smallest absolute Gasteiger partial charge is 0.419 e. The first-order valence-electron chi connectivity index (χ1n) is 12.0. The Morgan fingerprint density at radius 1 is 1.18 bits per heavy atom. The molecule has 0 saturated carbocycles. The zero-order chi connectivity index (χ0) is 27.9. The Bertz CT molecular complexity index is 1420. The molecule has 2 fully saturated rings. The number of amides is 1. The topological polar surface area (TPSA) is 98.7 Å². The van der Waals surface area contributed by atoms with Crippen LogP contribution in [0, 0.1) is 11.7 Å². The van der Waals surface area contributed by atoms with Gasteiger partial charge in [0.25, 0.3) is 5.91 Å². The Morgan fingerprint density at radius 2 is 1.97 bits per heavy atom. The minimum atomic E-state index is -4.85. The molecule has 2 aliphatic rings. The Labute approximate surface area is 229 Å². The Balaban J connectivity index is 1.25. The molecular formula is C25H22ClF4N5O3S. The monoisotopic (exact) mass is 583 g/mol. The van der Waals surface area contributed by atoms with E-state index in [1.165, 1.54) is 23.7 Å². The number of piperidine rings is 1. The van der Waals surface area contributed by atoms with E-state index in [0.29, 0.717) is 44.5 Å². The fraction of sp³-hybridized carbons (Fsp3) is 0.360. The van der Waals surface area contributed by atoms with Crippen molar-refractivity contribution in [2.75, 3.05) is 36.4 Å². The van der Waals surface area contributed by atoms with Crippen LogP contribution >= 0.6 is 22.9 Å². The highest BCUT2D eigenvalue weighted by molar-refractivity contribution is 7.14. The number of halogens is 5. The quantitative estimate of drug-likeness (QED) is 0.396. The van der Waals surface area contributed by atoms with E-state index in [-0.39, 0.29) is 38.9 Å². The number of thiazole rings is 1. The molecule has 0 bridgehead atoms. The van der Waals surface area contributed by atoms with Gasteiger partial charge >= 0.3 is 12.1 Å². The second-order valence-corrected chi connectivity index (χ2v) is 10.7. The molecule has 39 heavy (non-hydrogen) atoms. The van der Waals surface area contributed by atoms with Gasteiger partial charge in [-0.3, -0.25) is 19.8 Å². The molecule has 0 radical (unpaired) electrons. The van der Waals surface area contributed by atoms with Gasteiger partial charge in [0.1, 0.15) is 11.6 Å². The third-order valence-corrected chi connectivity index (χ3v) is 7.98. The number of fused-ring (bicyclic) bond motifs is 1. The molecule has 1 aromatic carbocycles. The molecule has 4 heterocycles. The van der Waals surface area contributed by atoms with Crippen molar-refractivity contribution in [3.63, 3.8) is 0 Å². The van der Waals surface area contributed by atoms with Crippen molar-refractivity contribution in [1.82, 2.24) is 14.9 Å². The van der Waals surface area contributed by atoms with Crippen molar-refractivity contribution in [1.29, 1.82) is 0 Å². The zero-order valence-corrected chi connectivity index (χ0v) is 21.8. The zero-order valence-electron chi connectivity index (χ0n) is 20.2. The minimum Gasteiger partial charge on any atom is -0.481 e. The molecule has 14 heteroatoms. The summed E-state index contributed by atoms with van der Waals surface area (Å²) in [5.41, 5.74) is -1.62. The van der Waals surface area contributed by atoms with Gasteiger partial charge < -0.3 is 10.0 Å². The first-order chi connectivity index (χ1) is 18.5. The van der Waals surface area contributed by atoms with Crippen molar-refractivity contribution in [2.24, 2.45) is 5.92 Å². The van der Waals surface area contributed by atoms with E-state index in [2.05, 4.69) is 20.2 Å². The van der Waals surface area contributed by atoms with Crippen LogP contribution in [0.15, 0.2) is 35.8 Å². The largest absolute Gasteiger partial charge is 0.481 e. The number of rotatable bonds is 5. The van der Waals surface area contributed by atoms with Gasteiger partial charge in [0.2, 0.25) is 0 Å². The number of alkyl halides is 3. The molecular weight excluding hydrogens is 562 g/mol. The summed E-state index contributed by atoms with van der Waals surface area (Å²) in [6, 6.07) is 4.59. The van der Waals surface area contributed by atoms with E-state index in [4.69, 9.17) is 11.6 Å². The third kappa shape index (κ3) is 5.70. The number of anilines is 2. The number of carboxylic acids is 1. The molecule has 0 unspecified atom stereocenters. The van der Waals surface area contributed by atoms with Gasteiger partial charge in [-0.25, -0.2) is 14.4 Å². The highest BCUT2D eigenvalue weighted by Crippen LogP contribution is 2.36. The van der Waals surface area contributed by atoms with Gasteiger partial charge in [-0.2, -0.15) is 13.2 Å². The molecule has 2 aliphatic heterocycles. The number of nitrogens with zero attached hydrogens (tertiary/aromatic N) is 4. The van der Waals surface area contributed by atoms with E-state index in [9.17, 15) is 32.3 Å². The van der Waals surface area contributed by atoms with E-state index >= 15 is 0 Å². The SMILES string of the molecule is O=C(Nc1nc(-c2cccc(C(F)(F)F)c2F)cs1)c1cnc(N2CCN3C[C@@H](C(=O)O)CC[C@H]3C2)c(Cl)c1. The molecule has 206 valence electrons. The van der Waals surface area contributed by atoms with Gasteiger partial charge in [0, 0.05) is 49.4 Å². The van der Waals surface area contributed by atoms with Crippen LogP contribution in [0.2, 0.25) is 5.02 Å². The molecule has 1 amide bonds. The van der Waals surface area contributed by atoms with Crippen LogP contribution < -0.4 is 10.2 Å². The molecule has 2 aromatic heterocycles. The number of piperazine rings is 1. The van der Waals surface area contributed by atoms with Crippen LogP contribution in [0.5, 0.6) is 0 Å². The predicted molar refractivity (Wildman–Crippen MR) is 138 cm³/mol. The lowest BCUT2D eigenvalue weighted by Gasteiger charge is -2.46. The summed E-state index contributed by atoms with van der Waals surface area (Å²) in [5.74, 6) is -2.63. The summed E-state index contributed by atoms with van der Waals surface area (Å²) < 4.78 is 53.6. The Hall–Kier alpha value is -3.29. The normalized spacial score (nSPS) is 20.0. The molecule has 2 saturated heterocycles. The first-order valence-corrected chi connectivity index (χ1v) is 13.3. The minimum absolute atomic E-state index is 0.0399. The fourth-order valence-corrected chi connectivity index (χ4v) is 5.92. The second-order valence-electron chi connectivity index (χ2n) is 9.39. The number of carboxylic acid groups (broad SMARTS) is 1. The number of aromatic nitrogens is 2. The van der Waals surface area contributed by atoms with Crippen LogP contribution in [0.4, 0.5) is 28.5 Å². The summed E-state index contributed by atoms with van der Waals surface area (Å²) in [5, 5.41) is 13.5. The highest BCUT2D eigenvalue weighted by atomic mass is 35.5. The summed E-state index contributed by atoms with van der Waals surface area (Å²) in [6.45, 7) is 2.44. The van der Waals surface area contributed by atoms with Crippen LogP contribution in [-0.2, 0) is 11.0 Å². The molecule has 0 spiro atoms. The van der Waals surface area contributed by atoms with Crippen molar-refractivity contribution in [3.8, 4) is 11.3 Å². The number of aliphatic carboxylic acids is 1. The van der Waals surface area contributed by atoms with Gasteiger partial charge in [-0.15, -0.1) is 11.3 Å². The van der Waals surface area contributed by atoms with Crippen molar-refractivity contribution in [3.05, 3.63) is 57.8 Å². The van der Waals surface area contributed by atoms with E-state index in [0.717, 1.165) is 23.8 Å². The number of pyridine rings is 1. The summed E-state index contributed by atoms with van der Waals surface area (Å²) >= 11 is 7.42. The van der Waals surface area contributed by atoms with Crippen molar-refractivity contribution < 1.29 is 32.3 Å². The Kier molecular flexibility index (Phi) is 7.49. The number of hydrogen-bond donors (Lipinski definition) is 2. The highest BCUT2D eigenvalue weighted by Gasteiger charge is 2.37. The Morgan fingerprint density at radius 3 is 2.69 bits per heavy atom. The maximum atomic E-state index is 14.5. The number of carbonyl (C=O) groups is 2. The number of nitrogens with one attached hydrogen (secondary N) is 1. The van der Waals surface area contributed by atoms with Crippen molar-refractivity contribution >= 4 is 45.8 Å². The second kappa shape index (κ2) is 10.7. The standard InChI is InChI=1S/C25H22ClF4N5O3S/c26-18-8-14(9-31-21(18)35-7-6-34-10-13(23(37)38)4-5-15(34)11-35)22(36)33-24-32-19(12-39-24)16-2-1-3-17(20(16)27)25(28,29)30/h1-3,8-9,12-13,15H,4-7,10-11H2,(H,37,38)(H,32,33,36)/t13-,15-/m0/s1. The molecule has 3 aromatic rings. The van der Waals surface area contributed by atoms with Gasteiger partial charge in [-0.05, 0) is 31.0 Å². The predicted octanol–water partition coefficient (Wildman–Crippen LogP) is 5.25. The number of hydrogen-bond acceptors (Lipinski definition) is 7. The van der Waals surface area contributed by atoms with Gasteiger partial charge in [0.05, 0.1) is 27.8 Å². The maximum absolute atomic E-state index is 14.5. The van der Waals surface area contributed by atoms with Crippen LogP contribution in [0.1, 0.15) is 28.8 Å². The average Bonchev–Trinajstić information content (AvgIpc) is 3.35. The molecule has 2 N–H and O–H groups in total. The maximum Gasteiger partial charge on any atom is 0.419 e. The summed E-state index contributed by atoms with van der Waals surface area (Å²) in [7, 11) is 0. The van der Waals surface area contributed by atoms with Crippen molar-refractivity contribution in [2.45, 2.75) is 25.1 Å². The van der Waals surface area contributed by atoms with Gasteiger partial charge in [-0.1, -0.05) is 17.7 Å². The number of benzene rings is 1. The third-order valence-electron chi connectivity index (χ3n) is 6.95. The molecule has 0 aliphatic carbocycles. The summed E-state index contributed by atoms with van der Waals surface area (Å²) in [4.78, 5) is 36.8. The molecule has 5 rings (SSSR count). The van der Waals surface area contributed by atoms with E-state index < -0.39 is 29.4 Å². The van der Waals surface area contributed by atoms with Crippen LogP contribution in [0.25, 0.3) is 11.3 Å². The number of carbonyl (C=O) groups excluding carboxylic acids is 1. The molecule has 2 atom stereocenters. The molecule has 8 nitrogen and oxygen atoms in total. The first kappa shape index (κ1) is 27.3. The van der Waals surface area contributed by atoms with Gasteiger partial charge in [0.15, 0.2) is 5.13 Å². The van der Waals surface area contributed by atoms with Crippen LogP contribution in [-0.4, -0.2) is 64.1 Å². The lowest BCUT2D eigenvalue weighted by Crippen LogP contribution is -2.57.